The number of hydrogen-bond donors (Lipinski definition) is 1. The van der Waals surface area contributed by atoms with E-state index in [-0.39, 0.29) is 18.3 Å². The number of ether oxygens (including phenoxy) is 1. The molecule has 1 amide bonds. The average Bonchev–Trinajstić information content (AvgIpc) is 2.89. The van der Waals surface area contributed by atoms with Gasteiger partial charge in [0.15, 0.2) is 0 Å². The summed E-state index contributed by atoms with van der Waals surface area (Å²) >= 11 is 12.1. The number of benzene rings is 1. The lowest BCUT2D eigenvalue weighted by Crippen LogP contribution is -2.40. The van der Waals surface area contributed by atoms with Gasteiger partial charge < -0.3 is 9.64 Å². The maximum Gasteiger partial charge on any atom is 0.410 e. The summed E-state index contributed by atoms with van der Waals surface area (Å²) in [5.41, 5.74) is -0.226. The molecule has 2 rings (SSSR count). The van der Waals surface area contributed by atoms with Crippen LogP contribution >= 0.6 is 23.2 Å². The van der Waals surface area contributed by atoms with Crippen LogP contribution < -0.4 is 4.72 Å². The van der Waals surface area contributed by atoms with E-state index in [1.54, 1.807) is 39.0 Å². The van der Waals surface area contributed by atoms with E-state index in [2.05, 4.69) is 4.72 Å². The lowest BCUT2D eigenvalue weighted by atomic mass is 10.2. The zero-order valence-electron chi connectivity index (χ0n) is 14.4. The van der Waals surface area contributed by atoms with Gasteiger partial charge >= 0.3 is 6.09 Å². The van der Waals surface area contributed by atoms with E-state index in [9.17, 15) is 13.2 Å². The van der Waals surface area contributed by atoms with E-state index < -0.39 is 21.7 Å². The van der Waals surface area contributed by atoms with E-state index >= 15 is 0 Å². The Morgan fingerprint density at radius 3 is 2.48 bits per heavy atom. The molecule has 1 fully saturated rings. The number of carbonyl (C=O) groups excluding carboxylic acids is 1. The highest BCUT2D eigenvalue weighted by molar-refractivity contribution is 7.88. The van der Waals surface area contributed by atoms with Crippen LogP contribution in [0.4, 0.5) is 4.79 Å². The molecule has 1 N–H and O–H groups in total. The van der Waals surface area contributed by atoms with Crippen molar-refractivity contribution in [3.05, 3.63) is 33.8 Å². The molecule has 0 unspecified atom stereocenters. The zero-order chi connectivity index (χ0) is 18.8. The number of rotatable bonds is 4. The monoisotopic (exact) mass is 408 g/mol. The molecule has 25 heavy (non-hydrogen) atoms. The van der Waals surface area contributed by atoms with Crippen LogP contribution in [0.1, 0.15) is 32.8 Å². The van der Waals surface area contributed by atoms with Crippen LogP contribution in [0.3, 0.4) is 0 Å². The smallest absolute Gasteiger partial charge is 0.410 e. The zero-order valence-corrected chi connectivity index (χ0v) is 16.7. The third kappa shape index (κ3) is 6.02. The first-order chi connectivity index (χ1) is 11.5. The van der Waals surface area contributed by atoms with Crippen molar-refractivity contribution in [1.82, 2.24) is 9.62 Å². The first-order valence-electron chi connectivity index (χ1n) is 7.88. The maximum absolute atomic E-state index is 12.4. The van der Waals surface area contributed by atoms with Gasteiger partial charge in [0.2, 0.25) is 10.0 Å². The SMILES string of the molecule is CC(C)(C)OC(=O)N1CC[C@@H](NS(=O)(=O)Cc2c(Cl)cccc2Cl)C1. The first kappa shape index (κ1) is 20.3. The normalized spacial score (nSPS) is 18.4. The topological polar surface area (TPSA) is 75.7 Å². The molecule has 140 valence electrons. The Kier molecular flexibility index (Phi) is 6.25. The van der Waals surface area contributed by atoms with Crippen molar-refractivity contribution in [3.8, 4) is 0 Å². The number of carbonyl (C=O) groups is 1. The number of nitrogens with one attached hydrogen (secondary N) is 1. The Morgan fingerprint density at radius 1 is 1.32 bits per heavy atom. The highest BCUT2D eigenvalue weighted by Crippen LogP contribution is 2.26. The number of likely N-dealkylation sites (tertiary alicyclic amines) is 1. The quantitative estimate of drug-likeness (QED) is 0.827. The van der Waals surface area contributed by atoms with Crippen LogP contribution in [0.25, 0.3) is 0 Å². The van der Waals surface area contributed by atoms with Gasteiger partial charge in [-0.2, -0.15) is 0 Å². The van der Waals surface area contributed by atoms with Gasteiger partial charge in [-0.25, -0.2) is 17.9 Å². The molecule has 1 aromatic carbocycles. The minimum atomic E-state index is -3.64. The number of halogens is 2. The summed E-state index contributed by atoms with van der Waals surface area (Å²) in [6, 6.07) is 4.49. The Labute approximate surface area is 158 Å². The molecule has 1 aromatic rings. The summed E-state index contributed by atoms with van der Waals surface area (Å²) in [4.78, 5) is 13.5. The second-order valence-corrected chi connectivity index (χ2v) is 9.56. The molecule has 1 atom stereocenters. The van der Waals surface area contributed by atoms with E-state index in [0.717, 1.165) is 0 Å². The molecule has 1 heterocycles. The summed E-state index contributed by atoms with van der Waals surface area (Å²) in [6.45, 7) is 6.07. The lowest BCUT2D eigenvalue weighted by molar-refractivity contribution is 0.0292. The summed E-state index contributed by atoms with van der Waals surface area (Å²) in [5, 5.41) is 0.611. The predicted octanol–water partition coefficient (Wildman–Crippen LogP) is 3.42. The summed E-state index contributed by atoms with van der Waals surface area (Å²) in [6.07, 6.45) is 0.0812. The molecule has 0 spiro atoms. The number of hydrogen-bond acceptors (Lipinski definition) is 4. The molecule has 0 saturated carbocycles. The summed E-state index contributed by atoms with van der Waals surface area (Å²) < 4.78 is 32.7. The van der Waals surface area contributed by atoms with Crippen molar-refractivity contribution in [3.63, 3.8) is 0 Å². The highest BCUT2D eigenvalue weighted by Gasteiger charge is 2.32. The number of amides is 1. The molecule has 1 aliphatic heterocycles. The molecule has 0 aromatic heterocycles. The van der Waals surface area contributed by atoms with Crippen molar-refractivity contribution in [1.29, 1.82) is 0 Å². The fraction of sp³-hybridized carbons (Fsp3) is 0.562. The van der Waals surface area contributed by atoms with E-state index in [1.807, 2.05) is 0 Å². The van der Waals surface area contributed by atoms with Gasteiger partial charge in [0, 0.05) is 34.7 Å². The van der Waals surface area contributed by atoms with Crippen LogP contribution in [-0.2, 0) is 20.5 Å². The van der Waals surface area contributed by atoms with Crippen molar-refractivity contribution in [2.45, 2.75) is 44.6 Å². The van der Waals surface area contributed by atoms with E-state index in [0.29, 0.717) is 28.6 Å². The molecule has 1 saturated heterocycles. The summed E-state index contributed by atoms with van der Waals surface area (Å²) in [5.74, 6) is -0.311. The minimum Gasteiger partial charge on any atom is -0.444 e. The van der Waals surface area contributed by atoms with Crippen molar-refractivity contribution < 1.29 is 17.9 Å². The highest BCUT2D eigenvalue weighted by atomic mass is 35.5. The maximum atomic E-state index is 12.4. The molecular weight excluding hydrogens is 387 g/mol. The largest absolute Gasteiger partial charge is 0.444 e. The van der Waals surface area contributed by atoms with Crippen LogP contribution in [-0.4, -0.2) is 44.1 Å². The van der Waals surface area contributed by atoms with Gasteiger partial charge in [0.1, 0.15) is 5.60 Å². The fourth-order valence-electron chi connectivity index (χ4n) is 2.50. The second-order valence-electron chi connectivity index (χ2n) is 6.99. The van der Waals surface area contributed by atoms with Crippen molar-refractivity contribution in [2.24, 2.45) is 0 Å². The Bertz CT molecular complexity index is 727. The molecule has 0 bridgehead atoms. The third-order valence-electron chi connectivity index (χ3n) is 3.58. The second kappa shape index (κ2) is 7.70. The van der Waals surface area contributed by atoms with E-state index in [4.69, 9.17) is 27.9 Å². The van der Waals surface area contributed by atoms with Crippen LogP contribution in [0.2, 0.25) is 10.0 Å². The van der Waals surface area contributed by atoms with E-state index in [1.165, 1.54) is 4.90 Å². The van der Waals surface area contributed by atoms with Gasteiger partial charge in [0.25, 0.3) is 0 Å². The van der Waals surface area contributed by atoms with Gasteiger partial charge in [-0.15, -0.1) is 0 Å². The van der Waals surface area contributed by atoms with Crippen LogP contribution in [0, 0.1) is 0 Å². The van der Waals surface area contributed by atoms with Gasteiger partial charge in [-0.3, -0.25) is 0 Å². The number of nitrogens with zero attached hydrogens (tertiary/aromatic N) is 1. The standard InChI is InChI=1S/C16H22Cl2N2O4S/c1-16(2,3)24-15(21)20-8-7-11(9-20)19-25(22,23)10-12-13(17)5-4-6-14(12)18/h4-6,11,19H,7-10H2,1-3H3/t11-/m1/s1. The Hall–Kier alpha value is -1.02. The molecule has 0 radical (unpaired) electrons. The summed E-state index contributed by atoms with van der Waals surface area (Å²) in [7, 11) is -3.64. The van der Waals surface area contributed by atoms with Gasteiger partial charge in [0.05, 0.1) is 5.75 Å². The molecule has 1 aliphatic rings. The molecular formula is C16H22Cl2N2O4S. The Balaban J connectivity index is 1.97. The molecule has 0 aliphatic carbocycles. The van der Waals surface area contributed by atoms with Gasteiger partial charge in [-0.1, -0.05) is 29.3 Å². The number of sulfonamides is 1. The van der Waals surface area contributed by atoms with Crippen LogP contribution in [0.5, 0.6) is 0 Å². The molecule has 9 heteroatoms. The van der Waals surface area contributed by atoms with Crippen molar-refractivity contribution in [2.75, 3.05) is 13.1 Å². The van der Waals surface area contributed by atoms with Crippen LogP contribution in [0.15, 0.2) is 18.2 Å². The first-order valence-corrected chi connectivity index (χ1v) is 10.3. The fourth-order valence-corrected chi connectivity index (χ4v) is 4.67. The van der Waals surface area contributed by atoms with Gasteiger partial charge in [-0.05, 0) is 39.3 Å². The third-order valence-corrected chi connectivity index (χ3v) is 5.65. The van der Waals surface area contributed by atoms with Crippen molar-refractivity contribution >= 4 is 39.3 Å². The molecule has 6 nitrogen and oxygen atoms in total. The predicted molar refractivity (Wildman–Crippen MR) is 98.4 cm³/mol. The Morgan fingerprint density at radius 2 is 1.92 bits per heavy atom. The average molecular weight is 409 g/mol. The minimum absolute atomic E-state index is 0.268. The lowest BCUT2D eigenvalue weighted by Gasteiger charge is -2.24.